The molecule has 3 heteroatoms. The number of hydrogen-bond donors (Lipinski definition) is 1. The van der Waals surface area contributed by atoms with Gasteiger partial charge in [0.25, 0.3) is 0 Å². The summed E-state index contributed by atoms with van der Waals surface area (Å²) in [7, 11) is 0. The molecular formula is C3H6ClNS. The molecule has 0 heterocycles. The highest BCUT2D eigenvalue weighted by molar-refractivity contribution is 7.97. The SMILES string of the molecule is CC[SH]=C=NCl. The van der Waals surface area contributed by atoms with E-state index in [1.54, 1.807) is 0 Å². The van der Waals surface area contributed by atoms with Gasteiger partial charge in [0.1, 0.15) is 0 Å². The van der Waals surface area contributed by atoms with Gasteiger partial charge in [0, 0.05) is 16.9 Å². The van der Waals surface area contributed by atoms with E-state index in [1.807, 2.05) is 6.92 Å². The second-order valence-electron chi connectivity index (χ2n) is 0.659. The largest absolute Gasteiger partial charge is 0.137 e. The molecule has 0 rings (SSSR count). The van der Waals surface area contributed by atoms with Gasteiger partial charge in [0.05, 0.1) is 0 Å². The molecule has 0 saturated heterocycles. The van der Waals surface area contributed by atoms with E-state index in [9.17, 15) is 0 Å². The van der Waals surface area contributed by atoms with E-state index < -0.39 is 0 Å². The minimum atomic E-state index is 1.04. The maximum absolute atomic E-state index is 4.89. The second-order valence-corrected chi connectivity index (χ2v) is 1.98. The number of nitrogens with zero attached hydrogens (tertiary/aromatic N) is 1. The summed E-state index contributed by atoms with van der Waals surface area (Å²) in [6, 6.07) is 0. The maximum Gasteiger partial charge on any atom is 0.0471 e. The summed E-state index contributed by atoms with van der Waals surface area (Å²) < 4.78 is 3.14. The lowest BCUT2D eigenvalue weighted by atomic mass is 11.0. The van der Waals surface area contributed by atoms with Crippen LogP contribution in [-0.4, -0.2) is 10.9 Å². The zero-order valence-electron chi connectivity index (χ0n) is 3.48. The lowest BCUT2D eigenvalue weighted by Gasteiger charge is -1.62. The Labute approximate surface area is 46.1 Å². The van der Waals surface area contributed by atoms with Gasteiger partial charge in [-0.1, -0.05) is 6.92 Å². The van der Waals surface area contributed by atoms with Crippen molar-refractivity contribution in [2.75, 3.05) is 5.75 Å². The molecule has 0 saturated carbocycles. The van der Waals surface area contributed by atoms with E-state index in [0.29, 0.717) is 0 Å². The minimum Gasteiger partial charge on any atom is -0.137 e. The summed E-state index contributed by atoms with van der Waals surface area (Å²) >= 11 is 5.95. The molecule has 0 bridgehead atoms. The van der Waals surface area contributed by atoms with Gasteiger partial charge in [-0.05, 0) is 5.75 Å². The molecular weight excluding hydrogens is 118 g/mol. The van der Waals surface area contributed by atoms with E-state index >= 15 is 0 Å². The molecule has 1 nitrogen and oxygen atoms in total. The van der Waals surface area contributed by atoms with Crippen molar-refractivity contribution >= 4 is 28.3 Å². The van der Waals surface area contributed by atoms with Crippen LogP contribution in [0.2, 0.25) is 0 Å². The molecule has 0 aromatic rings. The van der Waals surface area contributed by atoms with Crippen molar-refractivity contribution < 1.29 is 0 Å². The standard InChI is InChI=1S/C3H6ClNS/c1-2-6-3-5-4/h6H,2H2,1H3. The first-order valence-electron chi connectivity index (χ1n) is 1.64. The van der Waals surface area contributed by atoms with Crippen molar-refractivity contribution in [3.63, 3.8) is 0 Å². The molecule has 0 atom stereocenters. The normalized spacial score (nSPS) is 7.00. The van der Waals surface area contributed by atoms with Crippen LogP contribution in [-0.2, 0) is 0 Å². The Morgan fingerprint density at radius 3 is 2.83 bits per heavy atom. The second kappa shape index (κ2) is 5.22. The Morgan fingerprint density at radius 1 is 2.00 bits per heavy atom. The van der Waals surface area contributed by atoms with Crippen LogP contribution in [0, 0.1) is 0 Å². The summed E-state index contributed by atoms with van der Waals surface area (Å²) in [4.78, 5) is 0. The molecule has 0 fully saturated rings. The van der Waals surface area contributed by atoms with Crippen LogP contribution in [0.1, 0.15) is 6.92 Å². The Hall–Kier alpha value is 0.220. The summed E-state index contributed by atoms with van der Waals surface area (Å²) in [6.45, 7) is 2.04. The van der Waals surface area contributed by atoms with Crippen LogP contribution >= 0.6 is 23.1 Å². The van der Waals surface area contributed by atoms with Crippen LogP contribution < -0.4 is 0 Å². The third kappa shape index (κ3) is 4.22. The summed E-state index contributed by atoms with van der Waals surface area (Å²) in [5, 5.41) is 2.56. The lowest BCUT2D eigenvalue weighted by molar-refractivity contribution is 1.54. The number of thiol groups is 1. The van der Waals surface area contributed by atoms with Gasteiger partial charge in [-0.2, -0.15) is 0 Å². The summed E-state index contributed by atoms with van der Waals surface area (Å²) in [5.74, 6) is 1.04. The molecule has 0 unspecified atom stereocenters. The van der Waals surface area contributed by atoms with Gasteiger partial charge in [0.15, 0.2) is 0 Å². The highest BCUT2D eigenvalue weighted by atomic mass is 35.5. The highest BCUT2D eigenvalue weighted by Crippen LogP contribution is 1.77. The molecule has 0 aromatic carbocycles. The zero-order chi connectivity index (χ0) is 4.83. The average Bonchev–Trinajstić information content (AvgIpc) is 1.61. The van der Waals surface area contributed by atoms with Crippen molar-refractivity contribution in [1.82, 2.24) is 0 Å². The predicted molar refractivity (Wildman–Crippen MR) is 32.8 cm³/mol. The fourth-order valence-corrected chi connectivity index (χ4v) is 0.453. The van der Waals surface area contributed by atoms with Gasteiger partial charge in [0.2, 0.25) is 0 Å². The fourth-order valence-electron chi connectivity index (χ4n) is 0.0974. The number of halogens is 1. The maximum atomic E-state index is 4.89. The van der Waals surface area contributed by atoms with Crippen LogP contribution in [0.5, 0.6) is 0 Å². The Morgan fingerprint density at radius 2 is 2.67 bits per heavy atom. The van der Waals surface area contributed by atoms with Gasteiger partial charge < -0.3 is 0 Å². The van der Waals surface area contributed by atoms with Gasteiger partial charge in [-0.3, -0.25) is 0 Å². The monoisotopic (exact) mass is 123 g/mol. The lowest BCUT2D eigenvalue weighted by Crippen LogP contribution is -1.48. The molecule has 0 spiro atoms. The summed E-state index contributed by atoms with van der Waals surface area (Å²) in [6.07, 6.45) is 0. The molecule has 0 aliphatic rings. The highest BCUT2D eigenvalue weighted by Gasteiger charge is 1.52. The van der Waals surface area contributed by atoms with E-state index in [2.05, 4.69) is 9.67 Å². The van der Waals surface area contributed by atoms with Gasteiger partial charge in [-0.15, -0.1) is 15.9 Å². The van der Waals surface area contributed by atoms with E-state index in [0.717, 1.165) is 17.1 Å². The number of isothiocyanates is 1. The topological polar surface area (TPSA) is 12.4 Å². The molecule has 0 aromatic heterocycles. The van der Waals surface area contributed by atoms with E-state index in [4.69, 9.17) is 11.8 Å². The quantitative estimate of drug-likeness (QED) is 0.309. The average molecular weight is 124 g/mol. The van der Waals surface area contributed by atoms with Crippen LogP contribution in [0.25, 0.3) is 0 Å². The minimum absolute atomic E-state index is 1.04. The summed E-state index contributed by atoms with van der Waals surface area (Å²) in [5.41, 5.74) is 0. The molecule has 36 valence electrons. The molecule has 0 N–H and O–H groups in total. The van der Waals surface area contributed by atoms with Crippen LogP contribution in [0.15, 0.2) is 4.51 Å². The third-order valence-corrected chi connectivity index (χ3v) is 1.03. The predicted octanol–water partition coefficient (Wildman–Crippen LogP) is 1.53. The molecule has 0 amide bonds. The zero-order valence-corrected chi connectivity index (χ0v) is 5.13. The van der Waals surface area contributed by atoms with Gasteiger partial charge >= 0.3 is 0 Å². The Kier molecular flexibility index (Phi) is 5.41. The van der Waals surface area contributed by atoms with Crippen LogP contribution in [0.4, 0.5) is 0 Å². The first-order valence-corrected chi connectivity index (χ1v) is 3.06. The van der Waals surface area contributed by atoms with E-state index in [-0.39, 0.29) is 0 Å². The van der Waals surface area contributed by atoms with Crippen molar-refractivity contribution in [1.29, 1.82) is 0 Å². The first kappa shape index (κ1) is 6.22. The van der Waals surface area contributed by atoms with Crippen molar-refractivity contribution in [2.45, 2.75) is 6.92 Å². The number of hydrogen-bond acceptors (Lipinski definition) is 1. The molecule has 0 aliphatic carbocycles. The van der Waals surface area contributed by atoms with E-state index in [1.165, 1.54) is 0 Å². The molecule has 0 aliphatic heterocycles. The van der Waals surface area contributed by atoms with Crippen molar-refractivity contribution in [3.8, 4) is 0 Å². The smallest absolute Gasteiger partial charge is 0.0471 e. The fraction of sp³-hybridized carbons (Fsp3) is 0.667. The molecule has 6 heavy (non-hydrogen) atoms. The van der Waals surface area contributed by atoms with Crippen molar-refractivity contribution in [2.24, 2.45) is 4.51 Å². The van der Waals surface area contributed by atoms with Crippen LogP contribution in [0.3, 0.4) is 0 Å². The third-order valence-electron chi connectivity index (χ3n) is 0.267. The van der Waals surface area contributed by atoms with Gasteiger partial charge in [-0.25, -0.2) is 0 Å². The van der Waals surface area contributed by atoms with Crippen molar-refractivity contribution in [3.05, 3.63) is 0 Å². The Bertz CT molecular complexity index is 74.9. The first-order chi connectivity index (χ1) is 2.91. The Balaban J connectivity index is 3.18. The number of rotatable bonds is 1. The molecule has 0 radical (unpaired) electrons.